The van der Waals surface area contributed by atoms with Gasteiger partial charge in [-0.1, -0.05) is 0 Å². The molecule has 0 aromatic carbocycles. The molecule has 1 amide bonds. The summed E-state index contributed by atoms with van der Waals surface area (Å²) in [5.41, 5.74) is -0.381. The third kappa shape index (κ3) is 3.91. The third-order valence-corrected chi connectivity index (χ3v) is 3.98. The molecule has 0 saturated heterocycles. The maximum absolute atomic E-state index is 11.8. The second-order valence-corrected chi connectivity index (χ2v) is 5.90. The number of nitrogens with one attached hydrogen (secondary N) is 2. The third-order valence-electron chi connectivity index (χ3n) is 3.98. The summed E-state index contributed by atoms with van der Waals surface area (Å²) in [5.74, 6) is 4.88. The van der Waals surface area contributed by atoms with Crippen molar-refractivity contribution in [1.29, 1.82) is 0 Å². The van der Waals surface area contributed by atoms with Crippen LogP contribution in [0.1, 0.15) is 56.1 Å². The molecule has 116 valence electrons. The largest absolute Gasteiger partial charge is 0.356 e. The Labute approximate surface area is 129 Å². The van der Waals surface area contributed by atoms with Gasteiger partial charge in [-0.2, -0.15) is 15.3 Å². The van der Waals surface area contributed by atoms with E-state index in [0.29, 0.717) is 38.1 Å². The summed E-state index contributed by atoms with van der Waals surface area (Å²) in [5, 5.41) is 18.1. The van der Waals surface area contributed by atoms with E-state index in [4.69, 9.17) is 6.42 Å². The molecule has 2 heterocycles. The molecular formula is C15H20N6O. The van der Waals surface area contributed by atoms with E-state index in [1.807, 2.05) is 0 Å². The van der Waals surface area contributed by atoms with Gasteiger partial charge in [-0.3, -0.25) is 9.89 Å². The van der Waals surface area contributed by atoms with Gasteiger partial charge in [0.1, 0.15) is 5.82 Å². The maximum Gasteiger partial charge on any atom is 0.220 e. The second kappa shape index (κ2) is 6.26. The molecule has 22 heavy (non-hydrogen) atoms. The van der Waals surface area contributed by atoms with E-state index in [9.17, 15) is 4.79 Å². The highest BCUT2D eigenvalue weighted by Gasteiger charge is 2.39. The topological polar surface area (TPSA) is 95.4 Å². The van der Waals surface area contributed by atoms with Crippen LogP contribution < -0.4 is 5.32 Å². The first-order valence-electron chi connectivity index (χ1n) is 7.76. The van der Waals surface area contributed by atoms with Crippen LogP contribution in [0.2, 0.25) is 0 Å². The molecule has 0 spiro atoms. The zero-order chi connectivity index (χ0) is 15.4. The van der Waals surface area contributed by atoms with Gasteiger partial charge >= 0.3 is 0 Å². The summed E-state index contributed by atoms with van der Waals surface area (Å²) < 4.78 is 0. The van der Waals surface area contributed by atoms with Gasteiger partial charge in [0.2, 0.25) is 5.91 Å². The number of carbonyl (C=O) groups excluding carboxylic acids is 1. The standard InChI is InChI=1S/C15H20N6O/c1-2-3-8-15(20-21-15)9-6-13(22)16-10-7-12-17-14(19-18-12)11-4-5-11/h1,11H,3-10H2,(H,16,22)(H,17,18,19). The van der Waals surface area contributed by atoms with Crippen LogP contribution in [0.15, 0.2) is 10.2 Å². The van der Waals surface area contributed by atoms with Crippen LogP contribution in [0.5, 0.6) is 0 Å². The van der Waals surface area contributed by atoms with E-state index in [-0.39, 0.29) is 11.6 Å². The van der Waals surface area contributed by atoms with Crippen molar-refractivity contribution in [2.75, 3.05) is 6.54 Å². The zero-order valence-corrected chi connectivity index (χ0v) is 12.5. The van der Waals surface area contributed by atoms with E-state index >= 15 is 0 Å². The molecule has 1 aromatic heterocycles. The Hall–Kier alpha value is -2.23. The predicted molar refractivity (Wildman–Crippen MR) is 80.0 cm³/mol. The molecule has 2 N–H and O–H groups in total. The molecule has 3 rings (SSSR count). The fourth-order valence-corrected chi connectivity index (χ4v) is 2.34. The van der Waals surface area contributed by atoms with Gasteiger partial charge in [0, 0.05) is 44.6 Å². The summed E-state index contributed by atoms with van der Waals surface area (Å²) in [4.78, 5) is 16.3. The minimum absolute atomic E-state index is 0.0133. The van der Waals surface area contributed by atoms with Crippen molar-refractivity contribution >= 4 is 5.91 Å². The number of nitrogens with zero attached hydrogens (tertiary/aromatic N) is 4. The lowest BCUT2D eigenvalue weighted by atomic mass is 10.0. The van der Waals surface area contributed by atoms with Gasteiger partial charge in [-0.15, -0.1) is 12.3 Å². The number of rotatable bonds is 9. The van der Waals surface area contributed by atoms with Crippen molar-refractivity contribution in [3.05, 3.63) is 11.6 Å². The van der Waals surface area contributed by atoms with Crippen LogP contribution in [-0.4, -0.2) is 33.3 Å². The minimum Gasteiger partial charge on any atom is -0.356 e. The molecule has 1 saturated carbocycles. The minimum atomic E-state index is -0.381. The zero-order valence-electron chi connectivity index (χ0n) is 12.5. The lowest BCUT2D eigenvalue weighted by Gasteiger charge is -2.08. The van der Waals surface area contributed by atoms with Gasteiger partial charge in [0.05, 0.1) is 0 Å². The van der Waals surface area contributed by atoms with Crippen molar-refractivity contribution < 1.29 is 4.79 Å². The Morgan fingerprint density at radius 3 is 2.91 bits per heavy atom. The molecule has 0 unspecified atom stereocenters. The van der Waals surface area contributed by atoms with Crippen LogP contribution >= 0.6 is 0 Å². The van der Waals surface area contributed by atoms with Gasteiger partial charge in [-0.05, 0) is 12.8 Å². The Morgan fingerprint density at radius 2 is 2.23 bits per heavy atom. The molecule has 0 atom stereocenters. The fourth-order valence-electron chi connectivity index (χ4n) is 2.34. The normalized spacial score (nSPS) is 18.0. The second-order valence-electron chi connectivity index (χ2n) is 5.90. The Bertz CT molecular complexity index is 604. The van der Waals surface area contributed by atoms with E-state index in [2.05, 4.69) is 36.6 Å². The van der Waals surface area contributed by atoms with E-state index < -0.39 is 0 Å². The molecule has 1 aromatic rings. The Kier molecular flexibility index (Phi) is 4.18. The smallest absolute Gasteiger partial charge is 0.220 e. The van der Waals surface area contributed by atoms with E-state index in [0.717, 1.165) is 18.1 Å². The number of H-pyrrole nitrogens is 1. The average molecular weight is 300 g/mol. The van der Waals surface area contributed by atoms with Crippen molar-refractivity contribution in [3.8, 4) is 12.3 Å². The maximum atomic E-state index is 11.8. The summed E-state index contributed by atoms with van der Waals surface area (Å²) in [7, 11) is 0. The van der Waals surface area contributed by atoms with Crippen LogP contribution in [0.4, 0.5) is 0 Å². The number of terminal acetylenes is 1. The fraction of sp³-hybridized carbons (Fsp3) is 0.667. The molecular weight excluding hydrogens is 280 g/mol. The number of hydrogen-bond acceptors (Lipinski definition) is 5. The van der Waals surface area contributed by atoms with Crippen LogP contribution in [0.3, 0.4) is 0 Å². The summed E-state index contributed by atoms with van der Waals surface area (Å²) in [6.07, 6.45) is 10.7. The van der Waals surface area contributed by atoms with E-state index in [1.165, 1.54) is 12.8 Å². The molecule has 7 nitrogen and oxygen atoms in total. The Balaban J connectivity index is 1.31. The van der Waals surface area contributed by atoms with Gasteiger partial charge in [-0.25, -0.2) is 4.98 Å². The molecule has 2 aliphatic rings. The number of amides is 1. The molecule has 1 fully saturated rings. The first-order valence-corrected chi connectivity index (χ1v) is 7.76. The number of hydrogen-bond donors (Lipinski definition) is 2. The molecule has 0 bridgehead atoms. The van der Waals surface area contributed by atoms with Crippen LogP contribution in [0, 0.1) is 12.3 Å². The molecule has 7 heteroatoms. The number of aromatic nitrogens is 3. The van der Waals surface area contributed by atoms with Gasteiger partial charge in [0.25, 0.3) is 0 Å². The quantitative estimate of drug-likeness (QED) is 0.679. The molecule has 1 aliphatic carbocycles. The average Bonchev–Trinajstić information content (AvgIpc) is 3.44. The van der Waals surface area contributed by atoms with Gasteiger partial charge in [0.15, 0.2) is 11.5 Å². The SMILES string of the molecule is C#CCCC1(CCC(=O)NCCc2nc(C3CC3)n[nH]2)N=N1. The highest BCUT2D eigenvalue weighted by Crippen LogP contribution is 2.38. The van der Waals surface area contributed by atoms with Crippen LogP contribution in [0.25, 0.3) is 0 Å². The number of aromatic amines is 1. The highest BCUT2D eigenvalue weighted by atomic mass is 16.1. The summed E-state index contributed by atoms with van der Waals surface area (Å²) in [6.45, 7) is 0.559. The monoisotopic (exact) mass is 300 g/mol. The highest BCUT2D eigenvalue weighted by molar-refractivity contribution is 5.75. The van der Waals surface area contributed by atoms with Gasteiger partial charge < -0.3 is 5.32 Å². The Morgan fingerprint density at radius 1 is 1.41 bits per heavy atom. The van der Waals surface area contributed by atoms with Crippen molar-refractivity contribution in [1.82, 2.24) is 20.5 Å². The lowest BCUT2D eigenvalue weighted by Crippen LogP contribution is -2.27. The molecule has 0 radical (unpaired) electrons. The summed E-state index contributed by atoms with van der Waals surface area (Å²) >= 11 is 0. The first kappa shape index (κ1) is 14.7. The lowest BCUT2D eigenvalue weighted by molar-refractivity contribution is -0.121. The van der Waals surface area contributed by atoms with Crippen molar-refractivity contribution in [2.24, 2.45) is 10.2 Å². The van der Waals surface area contributed by atoms with Crippen LogP contribution in [-0.2, 0) is 11.2 Å². The first-order chi connectivity index (χ1) is 10.7. The van der Waals surface area contributed by atoms with Crippen molar-refractivity contribution in [2.45, 2.75) is 56.5 Å². The summed E-state index contributed by atoms with van der Waals surface area (Å²) in [6, 6.07) is 0. The van der Waals surface area contributed by atoms with Crippen molar-refractivity contribution in [3.63, 3.8) is 0 Å². The predicted octanol–water partition coefficient (Wildman–Crippen LogP) is 1.70. The molecule has 1 aliphatic heterocycles. The van der Waals surface area contributed by atoms with E-state index in [1.54, 1.807) is 0 Å². The number of carbonyl (C=O) groups is 1.